The van der Waals surface area contributed by atoms with Gasteiger partial charge >= 0.3 is 0 Å². The lowest BCUT2D eigenvalue weighted by molar-refractivity contribution is 0.111. The third kappa shape index (κ3) is 2.28. The zero-order chi connectivity index (χ0) is 15.0. The molecule has 1 N–H and O–H groups in total. The predicted octanol–water partition coefficient (Wildman–Crippen LogP) is 4.54. The third-order valence-electron chi connectivity index (χ3n) is 4.21. The molecule has 2 aromatic carbocycles. The molecule has 4 heteroatoms. The van der Waals surface area contributed by atoms with Crippen LogP contribution < -0.4 is 0 Å². The van der Waals surface area contributed by atoms with Crippen LogP contribution in [0, 0.1) is 11.3 Å². The van der Waals surface area contributed by atoms with E-state index in [1.54, 1.807) is 12.1 Å². The minimum absolute atomic E-state index is 0.477. The maximum absolute atomic E-state index is 10.9. The quantitative estimate of drug-likeness (QED) is 0.852. The van der Waals surface area contributed by atoms with E-state index >= 15 is 0 Å². The number of fused-ring (bicyclic) bond motifs is 1. The average molecular weight is 363 g/mol. The molecular weight excluding hydrogens is 350 g/mol. The van der Waals surface area contributed by atoms with Crippen molar-refractivity contribution in [2.45, 2.75) is 24.4 Å². The van der Waals surface area contributed by atoms with Gasteiger partial charge in [-0.05, 0) is 42.2 Å². The second-order valence-corrected chi connectivity index (χ2v) is 6.63. The van der Waals surface area contributed by atoms with Gasteiger partial charge in [0, 0.05) is 15.1 Å². The first-order valence-corrected chi connectivity index (χ1v) is 7.88. The number of halogens is 2. The molecule has 0 heterocycles. The molecule has 1 aliphatic rings. The normalized spacial score (nSPS) is 21.6. The molecule has 21 heavy (non-hydrogen) atoms. The second-order valence-electron chi connectivity index (χ2n) is 5.31. The monoisotopic (exact) mass is 361 g/mol. The zero-order valence-corrected chi connectivity index (χ0v) is 13.5. The first kappa shape index (κ1) is 14.6. The van der Waals surface area contributed by atoms with Crippen LogP contribution in [0.1, 0.15) is 29.2 Å². The van der Waals surface area contributed by atoms with Crippen molar-refractivity contribution in [3.05, 3.63) is 68.7 Å². The summed E-state index contributed by atoms with van der Waals surface area (Å²) >= 11 is 9.62. The number of benzene rings is 2. The lowest BCUT2D eigenvalue weighted by atomic mass is 9.75. The van der Waals surface area contributed by atoms with Gasteiger partial charge in [-0.3, -0.25) is 0 Å². The Morgan fingerprint density at radius 3 is 2.81 bits per heavy atom. The van der Waals surface area contributed by atoms with Crippen LogP contribution >= 0.6 is 27.5 Å². The highest BCUT2D eigenvalue weighted by Gasteiger charge is 2.46. The summed E-state index contributed by atoms with van der Waals surface area (Å²) in [6.45, 7) is 0. The van der Waals surface area contributed by atoms with E-state index in [1.165, 1.54) is 0 Å². The van der Waals surface area contributed by atoms with E-state index < -0.39 is 11.5 Å². The Labute approximate surface area is 137 Å². The van der Waals surface area contributed by atoms with Crippen LogP contribution in [0.3, 0.4) is 0 Å². The molecule has 0 spiro atoms. The third-order valence-corrected chi connectivity index (χ3v) is 5.04. The number of hydrogen-bond donors (Lipinski definition) is 1. The number of hydrogen-bond acceptors (Lipinski definition) is 2. The maximum atomic E-state index is 10.9. The molecule has 2 nitrogen and oxygen atoms in total. The van der Waals surface area contributed by atoms with Crippen molar-refractivity contribution in [2.24, 2.45) is 0 Å². The van der Waals surface area contributed by atoms with E-state index in [2.05, 4.69) is 22.0 Å². The highest BCUT2D eigenvalue weighted by Crippen LogP contribution is 2.48. The fourth-order valence-electron chi connectivity index (χ4n) is 3.09. The van der Waals surface area contributed by atoms with Crippen molar-refractivity contribution in [1.82, 2.24) is 0 Å². The van der Waals surface area contributed by atoms with E-state index in [1.807, 2.05) is 30.3 Å². The highest BCUT2D eigenvalue weighted by atomic mass is 79.9. The summed E-state index contributed by atoms with van der Waals surface area (Å²) in [6.07, 6.45) is 0.454. The van der Waals surface area contributed by atoms with Crippen molar-refractivity contribution in [2.75, 3.05) is 0 Å². The topological polar surface area (TPSA) is 44.0 Å². The number of aryl methyl sites for hydroxylation is 1. The SMILES string of the molecule is N#CC1(C(O)c2cc(Br)ccc2Cl)CCc2ccccc21. The van der Waals surface area contributed by atoms with Gasteiger partial charge in [0.15, 0.2) is 0 Å². The molecule has 3 rings (SSSR count). The molecule has 0 bridgehead atoms. The van der Waals surface area contributed by atoms with Crippen molar-refractivity contribution in [1.29, 1.82) is 5.26 Å². The fourth-order valence-corrected chi connectivity index (χ4v) is 3.69. The molecule has 1 aliphatic carbocycles. The summed E-state index contributed by atoms with van der Waals surface area (Å²) in [4.78, 5) is 0. The molecule has 0 amide bonds. The van der Waals surface area contributed by atoms with Crippen LogP contribution in [-0.2, 0) is 11.8 Å². The van der Waals surface area contributed by atoms with Gasteiger partial charge in [0.25, 0.3) is 0 Å². The van der Waals surface area contributed by atoms with Gasteiger partial charge in [-0.1, -0.05) is 51.8 Å². The summed E-state index contributed by atoms with van der Waals surface area (Å²) < 4.78 is 0.834. The van der Waals surface area contributed by atoms with Crippen LogP contribution in [0.4, 0.5) is 0 Å². The van der Waals surface area contributed by atoms with Crippen LogP contribution in [0.5, 0.6) is 0 Å². The molecule has 2 atom stereocenters. The van der Waals surface area contributed by atoms with Gasteiger partial charge in [0.05, 0.1) is 6.07 Å². The minimum Gasteiger partial charge on any atom is -0.386 e. The van der Waals surface area contributed by atoms with Crippen molar-refractivity contribution >= 4 is 27.5 Å². The molecule has 0 saturated heterocycles. The first-order chi connectivity index (χ1) is 10.1. The Morgan fingerprint density at radius 2 is 2.05 bits per heavy atom. The number of aliphatic hydroxyl groups excluding tert-OH is 1. The molecule has 106 valence electrons. The molecule has 0 aromatic heterocycles. The van der Waals surface area contributed by atoms with Crippen molar-refractivity contribution < 1.29 is 5.11 Å². The molecule has 0 fully saturated rings. The van der Waals surface area contributed by atoms with Gasteiger partial charge in [0.1, 0.15) is 11.5 Å². The average Bonchev–Trinajstić information content (AvgIpc) is 2.89. The first-order valence-electron chi connectivity index (χ1n) is 6.71. The van der Waals surface area contributed by atoms with Gasteiger partial charge in [-0.2, -0.15) is 5.26 Å². The van der Waals surface area contributed by atoms with Crippen molar-refractivity contribution in [3.8, 4) is 6.07 Å². The number of nitriles is 1. The highest BCUT2D eigenvalue weighted by molar-refractivity contribution is 9.10. The lowest BCUT2D eigenvalue weighted by Crippen LogP contribution is -2.30. The Bertz CT molecular complexity index is 740. The molecular formula is C17H13BrClNO. The summed E-state index contributed by atoms with van der Waals surface area (Å²) in [5.41, 5.74) is 1.70. The van der Waals surface area contributed by atoms with Gasteiger partial charge in [-0.15, -0.1) is 0 Å². The number of nitrogens with zero attached hydrogens (tertiary/aromatic N) is 1. The zero-order valence-electron chi connectivity index (χ0n) is 11.2. The van der Waals surface area contributed by atoms with E-state index in [0.717, 1.165) is 22.0 Å². The summed E-state index contributed by atoms with van der Waals surface area (Å²) in [7, 11) is 0. The standard InChI is InChI=1S/C17H13BrClNO/c18-12-5-6-15(19)13(9-12)16(21)17(10-20)8-7-11-3-1-2-4-14(11)17/h1-6,9,16,21H,7-8H2. The molecule has 0 radical (unpaired) electrons. The van der Waals surface area contributed by atoms with Crippen LogP contribution in [0.15, 0.2) is 46.9 Å². The van der Waals surface area contributed by atoms with Gasteiger partial charge in [-0.25, -0.2) is 0 Å². The smallest absolute Gasteiger partial charge is 0.113 e. The predicted molar refractivity (Wildman–Crippen MR) is 86.2 cm³/mol. The fraction of sp³-hybridized carbons (Fsp3) is 0.235. The lowest BCUT2D eigenvalue weighted by Gasteiger charge is -2.29. The Morgan fingerprint density at radius 1 is 1.29 bits per heavy atom. The number of rotatable bonds is 2. The van der Waals surface area contributed by atoms with E-state index in [9.17, 15) is 10.4 Å². The Hall–Kier alpha value is -1.34. The Kier molecular flexibility index (Phi) is 3.79. The molecule has 2 unspecified atom stereocenters. The second kappa shape index (κ2) is 5.46. The van der Waals surface area contributed by atoms with Crippen LogP contribution in [-0.4, -0.2) is 5.11 Å². The molecule has 0 aliphatic heterocycles. The van der Waals surface area contributed by atoms with Crippen LogP contribution in [0.2, 0.25) is 5.02 Å². The van der Waals surface area contributed by atoms with Gasteiger partial charge < -0.3 is 5.11 Å². The summed E-state index contributed by atoms with van der Waals surface area (Å²) in [5, 5.41) is 21.2. The summed E-state index contributed by atoms with van der Waals surface area (Å²) in [5.74, 6) is 0. The maximum Gasteiger partial charge on any atom is 0.113 e. The van der Waals surface area contributed by atoms with E-state index in [4.69, 9.17) is 11.6 Å². The minimum atomic E-state index is -0.948. The van der Waals surface area contributed by atoms with E-state index in [-0.39, 0.29) is 0 Å². The number of aliphatic hydroxyl groups is 1. The molecule has 0 saturated carbocycles. The van der Waals surface area contributed by atoms with E-state index in [0.29, 0.717) is 17.0 Å². The van der Waals surface area contributed by atoms with Crippen LogP contribution in [0.25, 0.3) is 0 Å². The largest absolute Gasteiger partial charge is 0.386 e. The summed E-state index contributed by atoms with van der Waals surface area (Å²) in [6, 6.07) is 15.5. The molecule has 2 aromatic rings. The van der Waals surface area contributed by atoms with Gasteiger partial charge in [0.2, 0.25) is 0 Å². The van der Waals surface area contributed by atoms with Crippen molar-refractivity contribution in [3.63, 3.8) is 0 Å². The Balaban J connectivity index is 2.14.